The summed E-state index contributed by atoms with van der Waals surface area (Å²) in [5.41, 5.74) is 2.15. The van der Waals surface area contributed by atoms with Crippen LogP contribution in [0.15, 0.2) is 42.6 Å². The molecule has 5 rings (SSSR count). The van der Waals surface area contributed by atoms with Crippen LogP contribution in [0.5, 0.6) is 5.75 Å². The maximum absolute atomic E-state index is 12.9. The predicted molar refractivity (Wildman–Crippen MR) is 132 cm³/mol. The fourth-order valence-electron chi connectivity index (χ4n) is 5.62. The number of amides is 3. The number of nitrogens with zero attached hydrogens (tertiary/aromatic N) is 2. The van der Waals surface area contributed by atoms with Gasteiger partial charge in [-0.05, 0) is 54.5 Å². The number of nitrogens with one attached hydrogen (secondary N) is 3. The van der Waals surface area contributed by atoms with E-state index in [1.54, 1.807) is 18.3 Å². The summed E-state index contributed by atoms with van der Waals surface area (Å²) in [5, 5.41) is 16.8. The van der Waals surface area contributed by atoms with Gasteiger partial charge in [-0.3, -0.25) is 10.1 Å². The maximum atomic E-state index is 12.9. The number of aromatic nitrogens is 2. The molecule has 1 saturated heterocycles. The summed E-state index contributed by atoms with van der Waals surface area (Å²) in [4.78, 5) is 34.5. The van der Waals surface area contributed by atoms with E-state index in [0.29, 0.717) is 35.5 Å². The lowest BCUT2D eigenvalue weighted by Crippen LogP contribution is -2.49. The molecular weight excluding hydrogens is 454 g/mol. The number of piperidine rings is 1. The highest BCUT2D eigenvalue weighted by atomic mass is 35.5. The molecule has 2 fully saturated rings. The van der Waals surface area contributed by atoms with Gasteiger partial charge in [0.2, 0.25) is 5.91 Å². The minimum Gasteiger partial charge on any atom is -0.508 e. The van der Waals surface area contributed by atoms with Crippen LogP contribution in [0.2, 0.25) is 0 Å². The highest BCUT2D eigenvalue weighted by Crippen LogP contribution is 2.46. The molecule has 1 saturated carbocycles. The first-order chi connectivity index (χ1) is 16.5. The lowest BCUT2D eigenvalue weighted by Gasteiger charge is -2.46. The standard InChI is InChI=1S/C25H28ClN5O3/c26-12-23(33)31-13-16-4-1-2-6-18(16)20(14-31)19-8-7-17(32)11-21(19)28-25(34)30-22-10-15-5-3-9-27-24(15)29-22/h3,5,7-11,16,18,20,32H,1-2,4,6,12-14H2,(H,27,29)(H2,28,30,34). The van der Waals surface area contributed by atoms with Crippen molar-refractivity contribution in [2.45, 2.75) is 31.6 Å². The molecule has 2 aromatic heterocycles. The van der Waals surface area contributed by atoms with Crippen LogP contribution in [0.4, 0.5) is 16.3 Å². The highest BCUT2D eigenvalue weighted by molar-refractivity contribution is 6.27. The third-order valence-electron chi connectivity index (χ3n) is 7.15. The Kier molecular flexibility index (Phi) is 6.32. The molecule has 9 heteroatoms. The molecule has 0 radical (unpaired) electrons. The van der Waals surface area contributed by atoms with Gasteiger partial charge in [-0.2, -0.15) is 0 Å². The van der Waals surface area contributed by atoms with Crippen molar-refractivity contribution in [3.8, 4) is 5.75 Å². The van der Waals surface area contributed by atoms with Gasteiger partial charge in [-0.1, -0.05) is 18.9 Å². The van der Waals surface area contributed by atoms with E-state index in [0.717, 1.165) is 36.8 Å². The number of aromatic hydroxyl groups is 1. The second-order valence-corrected chi connectivity index (χ2v) is 9.49. The average molecular weight is 482 g/mol. The van der Waals surface area contributed by atoms with E-state index < -0.39 is 6.03 Å². The van der Waals surface area contributed by atoms with Gasteiger partial charge in [0.15, 0.2) is 0 Å². The van der Waals surface area contributed by atoms with Crippen molar-refractivity contribution in [2.75, 3.05) is 29.6 Å². The molecule has 4 N–H and O–H groups in total. The van der Waals surface area contributed by atoms with E-state index in [9.17, 15) is 14.7 Å². The Morgan fingerprint density at radius 3 is 2.82 bits per heavy atom. The molecule has 34 heavy (non-hydrogen) atoms. The SMILES string of the molecule is O=C(Nc1cc2cccnc2[nH]1)Nc1cc(O)ccc1C1CN(C(=O)CCl)CC2CCCCC21. The third-order valence-corrected chi connectivity index (χ3v) is 7.38. The van der Waals surface area contributed by atoms with Gasteiger partial charge in [0, 0.05) is 42.3 Å². The predicted octanol–water partition coefficient (Wildman–Crippen LogP) is 4.88. The molecular formula is C25H28ClN5O3. The number of pyridine rings is 1. The van der Waals surface area contributed by atoms with Crippen LogP contribution in [-0.2, 0) is 4.79 Å². The maximum Gasteiger partial charge on any atom is 0.324 e. The second kappa shape index (κ2) is 9.54. The van der Waals surface area contributed by atoms with E-state index in [1.165, 1.54) is 6.42 Å². The van der Waals surface area contributed by atoms with Crippen molar-refractivity contribution in [1.82, 2.24) is 14.9 Å². The number of anilines is 2. The minimum atomic E-state index is -0.428. The second-order valence-electron chi connectivity index (χ2n) is 9.22. The number of halogens is 1. The molecule has 1 aliphatic carbocycles. The molecule has 0 bridgehead atoms. The average Bonchev–Trinajstić information content (AvgIpc) is 3.25. The summed E-state index contributed by atoms with van der Waals surface area (Å²) >= 11 is 5.88. The molecule has 8 nitrogen and oxygen atoms in total. The van der Waals surface area contributed by atoms with Gasteiger partial charge in [0.1, 0.15) is 23.1 Å². The number of fused-ring (bicyclic) bond motifs is 2. The van der Waals surface area contributed by atoms with Crippen LogP contribution >= 0.6 is 11.6 Å². The van der Waals surface area contributed by atoms with Crippen molar-refractivity contribution in [3.05, 3.63) is 48.2 Å². The van der Waals surface area contributed by atoms with Gasteiger partial charge in [-0.25, -0.2) is 9.78 Å². The van der Waals surface area contributed by atoms with Gasteiger partial charge in [0.05, 0.1) is 0 Å². The molecule has 3 amide bonds. The number of benzene rings is 1. The van der Waals surface area contributed by atoms with Gasteiger partial charge < -0.3 is 20.3 Å². The van der Waals surface area contributed by atoms with Crippen LogP contribution in [0.3, 0.4) is 0 Å². The van der Waals surface area contributed by atoms with Crippen LogP contribution in [0.25, 0.3) is 11.0 Å². The zero-order valence-electron chi connectivity index (χ0n) is 18.8. The van der Waals surface area contributed by atoms with Crippen LogP contribution in [0, 0.1) is 11.8 Å². The number of hydrogen-bond donors (Lipinski definition) is 4. The third kappa shape index (κ3) is 4.55. The Bertz CT molecular complexity index is 1180. The van der Waals surface area contributed by atoms with Crippen molar-refractivity contribution in [3.63, 3.8) is 0 Å². The number of carbonyl (C=O) groups is 2. The fraction of sp³-hybridized carbons (Fsp3) is 0.400. The molecule has 3 unspecified atom stereocenters. The smallest absolute Gasteiger partial charge is 0.324 e. The highest BCUT2D eigenvalue weighted by Gasteiger charge is 2.40. The molecule has 3 heterocycles. The first-order valence-corrected chi connectivity index (χ1v) is 12.2. The lowest BCUT2D eigenvalue weighted by molar-refractivity contribution is -0.132. The largest absolute Gasteiger partial charge is 0.508 e. The van der Waals surface area contributed by atoms with Crippen molar-refractivity contribution in [1.29, 1.82) is 0 Å². The van der Waals surface area contributed by atoms with Gasteiger partial charge in [0.25, 0.3) is 0 Å². The topological polar surface area (TPSA) is 110 Å². The lowest BCUT2D eigenvalue weighted by atomic mass is 9.67. The zero-order valence-corrected chi connectivity index (χ0v) is 19.5. The molecule has 178 valence electrons. The first kappa shape index (κ1) is 22.5. The quantitative estimate of drug-likeness (QED) is 0.398. The number of carbonyl (C=O) groups excluding carboxylic acids is 2. The Morgan fingerprint density at radius 1 is 1.15 bits per heavy atom. The number of rotatable bonds is 4. The van der Waals surface area contributed by atoms with Crippen molar-refractivity contribution in [2.24, 2.45) is 11.8 Å². The van der Waals surface area contributed by atoms with Gasteiger partial charge >= 0.3 is 6.03 Å². The summed E-state index contributed by atoms with van der Waals surface area (Å²) in [7, 11) is 0. The fourth-order valence-corrected chi connectivity index (χ4v) is 5.79. The number of likely N-dealkylation sites (tertiary alicyclic amines) is 1. The van der Waals surface area contributed by atoms with Gasteiger partial charge in [-0.15, -0.1) is 11.6 Å². The molecule has 1 aliphatic heterocycles. The van der Waals surface area contributed by atoms with E-state index in [1.807, 2.05) is 29.2 Å². The molecule has 3 atom stereocenters. The number of H-pyrrole nitrogens is 1. The Balaban J connectivity index is 1.40. The first-order valence-electron chi connectivity index (χ1n) is 11.7. The van der Waals surface area contributed by atoms with E-state index in [2.05, 4.69) is 20.6 Å². The molecule has 3 aromatic rings. The summed E-state index contributed by atoms with van der Waals surface area (Å²) in [6, 6.07) is 10.2. The van der Waals surface area contributed by atoms with E-state index in [4.69, 9.17) is 11.6 Å². The molecule has 1 aromatic carbocycles. The monoisotopic (exact) mass is 481 g/mol. The zero-order chi connectivity index (χ0) is 23.7. The number of aromatic amines is 1. The Labute approximate surface area is 202 Å². The van der Waals surface area contributed by atoms with Crippen LogP contribution < -0.4 is 10.6 Å². The number of hydrogen-bond acceptors (Lipinski definition) is 4. The van der Waals surface area contributed by atoms with E-state index in [-0.39, 0.29) is 23.5 Å². The van der Waals surface area contributed by atoms with E-state index >= 15 is 0 Å². The summed E-state index contributed by atoms with van der Waals surface area (Å²) < 4.78 is 0. The molecule has 0 spiro atoms. The number of urea groups is 1. The Morgan fingerprint density at radius 2 is 2.00 bits per heavy atom. The van der Waals surface area contributed by atoms with Crippen molar-refractivity contribution >= 4 is 46.1 Å². The Hall–Kier alpha value is -3.26. The number of phenolic OH excluding ortho intramolecular Hbond substituents is 1. The van der Waals surface area contributed by atoms with Crippen molar-refractivity contribution < 1.29 is 14.7 Å². The minimum absolute atomic E-state index is 0.0352. The summed E-state index contributed by atoms with van der Waals surface area (Å²) in [6.07, 6.45) is 6.19. The number of phenols is 1. The number of alkyl halides is 1. The summed E-state index contributed by atoms with van der Waals surface area (Å²) in [5.74, 6) is 1.38. The van der Waals surface area contributed by atoms with Crippen LogP contribution in [0.1, 0.15) is 37.2 Å². The molecule has 2 aliphatic rings. The van der Waals surface area contributed by atoms with Crippen LogP contribution in [-0.4, -0.2) is 50.9 Å². The normalized spacial score (nSPS) is 22.3. The summed E-state index contributed by atoms with van der Waals surface area (Å²) in [6.45, 7) is 1.30.